The Kier molecular flexibility index (Phi) is 5.48. The molecule has 0 aromatic heterocycles. The SMILES string of the molecule is COC(=O)c1c(C)c2c(c(Cl)c1Br)OC(C)(C1CCC(N(C)C)CC1)O2. The van der Waals surface area contributed by atoms with E-state index >= 15 is 0 Å². The zero-order valence-corrected chi connectivity index (χ0v) is 18.2. The molecule has 0 amide bonds. The Morgan fingerprint density at radius 1 is 1.23 bits per heavy atom. The Bertz CT molecular complexity index is 731. The third-order valence-electron chi connectivity index (χ3n) is 5.70. The lowest BCUT2D eigenvalue weighted by atomic mass is 9.81. The molecule has 1 unspecified atom stereocenters. The van der Waals surface area contributed by atoms with Crippen molar-refractivity contribution < 1.29 is 19.0 Å². The van der Waals surface area contributed by atoms with Crippen LogP contribution in [0.4, 0.5) is 0 Å². The summed E-state index contributed by atoms with van der Waals surface area (Å²) in [7, 11) is 5.60. The van der Waals surface area contributed by atoms with Crippen LogP contribution in [0.2, 0.25) is 5.02 Å². The first-order valence-electron chi connectivity index (χ1n) is 8.84. The smallest absolute Gasteiger partial charge is 0.339 e. The van der Waals surface area contributed by atoms with Crippen molar-refractivity contribution in [2.75, 3.05) is 21.2 Å². The standard InChI is InChI=1S/C19H25BrClNO4/c1-10-13(18(23)24-5)14(20)15(21)17-16(10)25-19(2,26-17)11-6-8-12(9-7-11)22(3)4/h11-12H,6-9H2,1-5H3. The fourth-order valence-corrected chi connectivity index (χ4v) is 4.88. The Labute approximate surface area is 168 Å². The van der Waals surface area contributed by atoms with Crippen molar-refractivity contribution in [3.8, 4) is 11.5 Å². The molecule has 2 aliphatic rings. The number of halogens is 2. The summed E-state index contributed by atoms with van der Waals surface area (Å²) in [5.41, 5.74) is 1.05. The number of esters is 1. The van der Waals surface area contributed by atoms with Gasteiger partial charge < -0.3 is 19.1 Å². The molecule has 1 aliphatic carbocycles. The van der Waals surface area contributed by atoms with Gasteiger partial charge in [0.15, 0.2) is 11.5 Å². The van der Waals surface area contributed by atoms with Gasteiger partial charge in [-0.15, -0.1) is 0 Å². The lowest BCUT2D eigenvalue weighted by Crippen LogP contribution is -2.46. The maximum absolute atomic E-state index is 12.2. The molecule has 0 saturated heterocycles. The second kappa shape index (κ2) is 7.21. The van der Waals surface area contributed by atoms with Crippen molar-refractivity contribution in [2.24, 2.45) is 5.92 Å². The molecule has 0 N–H and O–H groups in total. The van der Waals surface area contributed by atoms with Crippen molar-refractivity contribution in [3.63, 3.8) is 0 Å². The number of rotatable bonds is 3. The van der Waals surface area contributed by atoms with E-state index in [1.54, 1.807) is 0 Å². The summed E-state index contributed by atoms with van der Waals surface area (Å²) in [6.45, 7) is 3.79. The number of benzene rings is 1. The van der Waals surface area contributed by atoms with Crippen molar-refractivity contribution in [2.45, 2.75) is 51.4 Å². The third-order valence-corrected chi connectivity index (χ3v) is 7.08. The molecule has 0 radical (unpaired) electrons. The van der Waals surface area contributed by atoms with Gasteiger partial charge in [0.1, 0.15) is 5.02 Å². The van der Waals surface area contributed by atoms with Crippen molar-refractivity contribution >= 4 is 33.5 Å². The molecule has 7 heteroatoms. The van der Waals surface area contributed by atoms with Crippen molar-refractivity contribution in [1.82, 2.24) is 4.90 Å². The van der Waals surface area contributed by atoms with Gasteiger partial charge in [-0.2, -0.15) is 0 Å². The zero-order chi connectivity index (χ0) is 19.2. The molecule has 0 bridgehead atoms. The van der Waals surface area contributed by atoms with Crippen LogP contribution in [-0.4, -0.2) is 43.9 Å². The molecule has 5 nitrogen and oxygen atoms in total. The molecule has 1 atom stereocenters. The van der Waals surface area contributed by atoms with E-state index in [-0.39, 0.29) is 5.92 Å². The molecular formula is C19H25BrClNO4. The molecule has 26 heavy (non-hydrogen) atoms. The molecule has 1 aromatic rings. The van der Waals surface area contributed by atoms with Crippen LogP contribution in [0, 0.1) is 12.8 Å². The summed E-state index contributed by atoms with van der Waals surface area (Å²) >= 11 is 9.89. The summed E-state index contributed by atoms with van der Waals surface area (Å²) in [4.78, 5) is 14.4. The average molecular weight is 447 g/mol. The number of fused-ring (bicyclic) bond motifs is 1. The second-order valence-electron chi connectivity index (χ2n) is 7.47. The number of carbonyl (C=O) groups excluding carboxylic acids is 1. The number of nitrogens with zero attached hydrogens (tertiary/aromatic N) is 1. The van der Waals surface area contributed by atoms with Crippen molar-refractivity contribution in [1.29, 1.82) is 0 Å². The summed E-state index contributed by atoms with van der Waals surface area (Å²) in [6.07, 6.45) is 4.27. The first-order chi connectivity index (χ1) is 12.2. The highest BCUT2D eigenvalue weighted by molar-refractivity contribution is 9.10. The normalized spacial score (nSPS) is 27.7. The molecule has 1 aliphatic heterocycles. The minimum atomic E-state index is -0.776. The van der Waals surface area contributed by atoms with E-state index < -0.39 is 11.8 Å². The number of hydrogen-bond donors (Lipinski definition) is 0. The summed E-state index contributed by atoms with van der Waals surface area (Å²) in [6, 6.07) is 0.601. The zero-order valence-electron chi connectivity index (χ0n) is 15.8. The number of carbonyl (C=O) groups is 1. The largest absolute Gasteiger partial charge is 0.465 e. The maximum Gasteiger partial charge on any atom is 0.339 e. The van der Waals surface area contributed by atoms with Gasteiger partial charge in [-0.1, -0.05) is 11.6 Å². The van der Waals surface area contributed by atoms with Gasteiger partial charge in [0.2, 0.25) is 0 Å². The predicted molar refractivity (Wildman–Crippen MR) is 104 cm³/mol. The monoisotopic (exact) mass is 445 g/mol. The van der Waals surface area contributed by atoms with Crippen LogP contribution < -0.4 is 9.47 Å². The van der Waals surface area contributed by atoms with E-state index in [0.717, 1.165) is 25.7 Å². The molecule has 3 rings (SSSR count). The highest BCUT2D eigenvalue weighted by Crippen LogP contribution is 2.54. The molecule has 144 valence electrons. The van der Waals surface area contributed by atoms with E-state index in [4.69, 9.17) is 25.8 Å². The lowest BCUT2D eigenvalue weighted by molar-refractivity contribution is -0.123. The molecule has 1 heterocycles. The minimum absolute atomic E-state index is 0.266. The minimum Gasteiger partial charge on any atom is -0.465 e. The van der Waals surface area contributed by atoms with Gasteiger partial charge in [-0.05, 0) is 62.6 Å². The second-order valence-corrected chi connectivity index (χ2v) is 8.64. The van der Waals surface area contributed by atoms with Gasteiger partial charge >= 0.3 is 5.97 Å². The molecule has 0 spiro atoms. The fraction of sp³-hybridized carbons (Fsp3) is 0.632. The number of ether oxygens (including phenoxy) is 3. The van der Waals surface area contributed by atoms with Crippen LogP contribution in [0.25, 0.3) is 0 Å². The number of methoxy groups -OCH3 is 1. The summed E-state index contributed by atoms with van der Waals surface area (Å²) in [5, 5.41) is 0.344. The molecule has 1 aromatic carbocycles. The quantitative estimate of drug-likeness (QED) is 0.624. The maximum atomic E-state index is 12.2. The molecule has 1 saturated carbocycles. The lowest BCUT2D eigenvalue weighted by Gasteiger charge is -2.39. The Morgan fingerprint density at radius 2 is 1.81 bits per heavy atom. The van der Waals surface area contributed by atoms with Crippen LogP contribution in [-0.2, 0) is 4.74 Å². The van der Waals surface area contributed by atoms with Crippen LogP contribution in [0.15, 0.2) is 4.47 Å². The van der Waals surface area contributed by atoms with Crippen LogP contribution in [0.5, 0.6) is 11.5 Å². The van der Waals surface area contributed by atoms with Gasteiger partial charge in [0, 0.05) is 24.4 Å². The molecular weight excluding hydrogens is 422 g/mol. The molecule has 1 fully saturated rings. The van der Waals surface area contributed by atoms with Gasteiger partial charge in [0.05, 0.1) is 17.1 Å². The van der Waals surface area contributed by atoms with E-state index in [9.17, 15) is 4.79 Å². The van der Waals surface area contributed by atoms with E-state index in [0.29, 0.717) is 38.2 Å². The Hall–Kier alpha value is -0.980. The highest BCUT2D eigenvalue weighted by atomic mass is 79.9. The average Bonchev–Trinajstić information content (AvgIpc) is 2.99. The van der Waals surface area contributed by atoms with Crippen molar-refractivity contribution in [3.05, 3.63) is 20.6 Å². The summed E-state index contributed by atoms with van der Waals surface area (Å²) in [5.74, 6) is 0.0730. The van der Waals surface area contributed by atoms with Gasteiger partial charge in [-0.25, -0.2) is 4.79 Å². The fourth-order valence-electron chi connectivity index (χ4n) is 4.03. The van der Waals surface area contributed by atoms with Crippen LogP contribution in [0.3, 0.4) is 0 Å². The topological polar surface area (TPSA) is 48.0 Å². The summed E-state index contributed by atoms with van der Waals surface area (Å²) < 4.78 is 17.9. The third kappa shape index (κ3) is 3.20. The van der Waals surface area contributed by atoms with Gasteiger partial charge in [0.25, 0.3) is 5.79 Å². The Morgan fingerprint density at radius 3 is 2.35 bits per heavy atom. The van der Waals surface area contributed by atoms with E-state index in [1.165, 1.54) is 7.11 Å². The van der Waals surface area contributed by atoms with Gasteiger partial charge in [-0.3, -0.25) is 0 Å². The first kappa shape index (κ1) is 19.8. The predicted octanol–water partition coefficient (Wildman–Crippen LogP) is 4.81. The van der Waals surface area contributed by atoms with E-state index in [1.807, 2.05) is 13.8 Å². The van der Waals surface area contributed by atoms with Crippen LogP contribution in [0.1, 0.15) is 48.5 Å². The van der Waals surface area contributed by atoms with E-state index in [2.05, 4.69) is 34.9 Å². The first-order valence-corrected chi connectivity index (χ1v) is 10.0. The highest BCUT2D eigenvalue weighted by Gasteiger charge is 2.48. The Balaban J connectivity index is 1.90. The van der Waals surface area contributed by atoms with Crippen LogP contribution >= 0.6 is 27.5 Å². The number of hydrogen-bond acceptors (Lipinski definition) is 5.